The maximum Gasteiger partial charge on any atom is 0.310 e. The highest BCUT2D eigenvalue weighted by atomic mass is 16.5. The highest BCUT2D eigenvalue weighted by Crippen LogP contribution is 2.15. The number of cyclic esters (lactones) is 1. The van der Waals surface area contributed by atoms with Crippen LogP contribution in [-0.4, -0.2) is 12.6 Å². The zero-order valence-corrected chi connectivity index (χ0v) is 5.73. The number of esters is 1. The molecule has 1 saturated heterocycles. The molecule has 1 aliphatic rings. The average molecular weight is 126 g/mol. The highest BCUT2D eigenvalue weighted by molar-refractivity contribution is 5.75. The number of carbonyl (C=O) groups is 1. The van der Waals surface area contributed by atoms with Crippen molar-refractivity contribution in [2.24, 2.45) is 0 Å². The van der Waals surface area contributed by atoms with Crippen molar-refractivity contribution in [3.05, 3.63) is 11.1 Å². The second-order valence-electron chi connectivity index (χ2n) is 2.44. The molecule has 2 heteroatoms. The number of allylic oxidation sites excluding steroid dienone is 1. The average Bonchev–Trinajstić information content (AvgIpc) is 2.14. The predicted molar refractivity (Wildman–Crippen MR) is 33.9 cm³/mol. The van der Waals surface area contributed by atoms with E-state index in [2.05, 4.69) is 0 Å². The number of hydrogen-bond acceptors (Lipinski definition) is 2. The summed E-state index contributed by atoms with van der Waals surface area (Å²) in [6, 6.07) is 0. The molecule has 0 atom stereocenters. The van der Waals surface area contributed by atoms with Gasteiger partial charge < -0.3 is 4.74 Å². The molecule has 0 saturated carbocycles. The lowest BCUT2D eigenvalue weighted by Gasteiger charge is -1.92. The first-order chi connectivity index (χ1) is 4.20. The Labute approximate surface area is 54.5 Å². The Morgan fingerprint density at radius 2 is 2.22 bits per heavy atom. The van der Waals surface area contributed by atoms with Crippen LogP contribution in [0.1, 0.15) is 20.3 Å². The molecule has 1 heterocycles. The molecule has 1 fully saturated rings. The third-order valence-electron chi connectivity index (χ3n) is 1.47. The molecule has 0 N–H and O–H groups in total. The van der Waals surface area contributed by atoms with E-state index in [0.717, 1.165) is 5.57 Å². The second-order valence-corrected chi connectivity index (χ2v) is 2.44. The van der Waals surface area contributed by atoms with E-state index < -0.39 is 0 Å². The van der Waals surface area contributed by atoms with Gasteiger partial charge in [0.1, 0.15) is 6.61 Å². The van der Waals surface area contributed by atoms with Gasteiger partial charge in [0.05, 0.1) is 6.42 Å². The molecule has 0 amide bonds. The molecular weight excluding hydrogens is 116 g/mol. The minimum Gasteiger partial charge on any atom is -0.461 e. The van der Waals surface area contributed by atoms with Gasteiger partial charge in [-0.15, -0.1) is 0 Å². The van der Waals surface area contributed by atoms with E-state index in [-0.39, 0.29) is 5.97 Å². The van der Waals surface area contributed by atoms with Crippen molar-refractivity contribution in [3.8, 4) is 0 Å². The van der Waals surface area contributed by atoms with Gasteiger partial charge in [0.2, 0.25) is 0 Å². The van der Waals surface area contributed by atoms with Crippen LogP contribution in [0, 0.1) is 0 Å². The van der Waals surface area contributed by atoms with Gasteiger partial charge in [-0.1, -0.05) is 5.57 Å². The molecule has 50 valence electrons. The molecule has 0 aliphatic carbocycles. The molecule has 0 aromatic heterocycles. The summed E-state index contributed by atoms with van der Waals surface area (Å²) in [5.41, 5.74) is 2.35. The highest BCUT2D eigenvalue weighted by Gasteiger charge is 2.16. The van der Waals surface area contributed by atoms with Gasteiger partial charge in [-0.05, 0) is 19.4 Å². The van der Waals surface area contributed by atoms with Gasteiger partial charge >= 0.3 is 5.97 Å². The third-order valence-corrected chi connectivity index (χ3v) is 1.47. The Hall–Kier alpha value is -0.790. The standard InChI is InChI=1S/C7H10O2/c1-5(2)6-3-7(8)9-4-6/h3-4H2,1-2H3. The zero-order chi connectivity index (χ0) is 6.85. The van der Waals surface area contributed by atoms with Crippen LogP contribution < -0.4 is 0 Å². The fourth-order valence-corrected chi connectivity index (χ4v) is 0.765. The SMILES string of the molecule is CC(C)=C1COC(=O)C1. The van der Waals surface area contributed by atoms with E-state index in [4.69, 9.17) is 4.74 Å². The van der Waals surface area contributed by atoms with E-state index in [0.29, 0.717) is 13.0 Å². The predicted octanol–water partition coefficient (Wildman–Crippen LogP) is 1.27. The normalized spacial score (nSPS) is 18.0. The fourth-order valence-electron chi connectivity index (χ4n) is 0.765. The summed E-state index contributed by atoms with van der Waals surface area (Å²) >= 11 is 0. The molecule has 0 spiro atoms. The van der Waals surface area contributed by atoms with Crippen LogP contribution in [0.5, 0.6) is 0 Å². The summed E-state index contributed by atoms with van der Waals surface area (Å²) in [6.45, 7) is 4.51. The minimum atomic E-state index is -0.0915. The lowest BCUT2D eigenvalue weighted by Crippen LogP contribution is -1.88. The van der Waals surface area contributed by atoms with Gasteiger partial charge in [0.25, 0.3) is 0 Å². The summed E-state index contributed by atoms with van der Waals surface area (Å²) in [7, 11) is 0. The summed E-state index contributed by atoms with van der Waals surface area (Å²) in [6.07, 6.45) is 0.502. The van der Waals surface area contributed by atoms with E-state index >= 15 is 0 Å². The van der Waals surface area contributed by atoms with Crippen molar-refractivity contribution >= 4 is 5.97 Å². The van der Waals surface area contributed by atoms with Crippen molar-refractivity contribution < 1.29 is 9.53 Å². The lowest BCUT2D eigenvalue weighted by molar-refractivity contribution is -0.137. The first-order valence-electron chi connectivity index (χ1n) is 3.01. The van der Waals surface area contributed by atoms with Crippen LogP contribution in [0.15, 0.2) is 11.1 Å². The number of hydrogen-bond donors (Lipinski definition) is 0. The van der Waals surface area contributed by atoms with Gasteiger partial charge in [0.15, 0.2) is 0 Å². The Morgan fingerprint density at radius 1 is 1.56 bits per heavy atom. The van der Waals surface area contributed by atoms with Crippen molar-refractivity contribution in [2.75, 3.05) is 6.61 Å². The van der Waals surface area contributed by atoms with Crippen molar-refractivity contribution in [3.63, 3.8) is 0 Å². The first kappa shape index (κ1) is 6.33. The molecule has 2 nitrogen and oxygen atoms in total. The van der Waals surface area contributed by atoms with Crippen molar-refractivity contribution in [1.29, 1.82) is 0 Å². The Bertz CT molecular complexity index is 164. The van der Waals surface area contributed by atoms with Crippen LogP contribution >= 0.6 is 0 Å². The molecule has 0 radical (unpaired) electrons. The number of rotatable bonds is 0. The summed E-state index contributed by atoms with van der Waals surface area (Å²) in [5, 5.41) is 0. The molecule has 0 bridgehead atoms. The van der Waals surface area contributed by atoms with Gasteiger partial charge in [-0.25, -0.2) is 0 Å². The Balaban J connectivity index is 2.69. The van der Waals surface area contributed by atoms with Gasteiger partial charge in [0, 0.05) is 0 Å². The minimum absolute atomic E-state index is 0.0915. The second kappa shape index (κ2) is 2.21. The molecule has 9 heavy (non-hydrogen) atoms. The topological polar surface area (TPSA) is 26.3 Å². The largest absolute Gasteiger partial charge is 0.461 e. The molecule has 0 unspecified atom stereocenters. The van der Waals surface area contributed by atoms with Crippen LogP contribution in [0.25, 0.3) is 0 Å². The van der Waals surface area contributed by atoms with Crippen molar-refractivity contribution in [2.45, 2.75) is 20.3 Å². The first-order valence-corrected chi connectivity index (χ1v) is 3.01. The van der Waals surface area contributed by atoms with Gasteiger partial charge in [-0.2, -0.15) is 0 Å². The smallest absolute Gasteiger partial charge is 0.310 e. The molecule has 1 rings (SSSR count). The number of ether oxygens (including phenoxy) is 1. The summed E-state index contributed by atoms with van der Waals surface area (Å²) in [4.78, 5) is 10.5. The quantitative estimate of drug-likeness (QED) is 0.361. The van der Waals surface area contributed by atoms with E-state index in [1.54, 1.807) is 0 Å². The Kier molecular flexibility index (Phi) is 1.56. The monoisotopic (exact) mass is 126 g/mol. The molecule has 1 aliphatic heterocycles. The Morgan fingerprint density at radius 3 is 2.44 bits per heavy atom. The molecular formula is C7H10O2. The van der Waals surface area contributed by atoms with Crippen LogP contribution in [0.3, 0.4) is 0 Å². The van der Waals surface area contributed by atoms with Crippen LogP contribution in [-0.2, 0) is 9.53 Å². The van der Waals surface area contributed by atoms with Crippen LogP contribution in [0.2, 0.25) is 0 Å². The van der Waals surface area contributed by atoms with Crippen molar-refractivity contribution in [1.82, 2.24) is 0 Å². The van der Waals surface area contributed by atoms with Gasteiger partial charge in [-0.3, -0.25) is 4.79 Å². The molecule has 0 aromatic carbocycles. The summed E-state index contributed by atoms with van der Waals surface area (Å²) < 4.78 is 4.73. The fraction of sp³-hybridized carbons (Fsp3) is 0.571. The van der Waals surface area contributed by atoms with E-state index in [1.165, 1.54) is 5.57 Å². The third kappa shape index (κ3) is 1.31. The van der Waals surface area contributed by atoms with E-state index in [1.807, 2.05) is 13.8 Å². The van der Waals surface area contributed by atoms with E-state index in [9.17, 15) is 4.79 Å². The maximum absolute atomic E-state index is 10.5. The number of carbonyl (C=O) groups excluding carboxylic acids is 1. The molecule has 0 aromatic rings. The zero-order valence-electron chi connectivity index (χ0n) is 5.73. The summed E-state index contributed by atoms with van der Waals surface area (Å²) in [5.74, 6) is -0.0915. The lowest BCUT2D eigenvalue weighted by atomic mass is 10.1. The maximum atomic E-state index is 10.5. The van der Waals surface area contributed by atoms with Crippen LogP contribution in [0.4, 0.5) is 0 Å².